The number of aryl methyl sites for hydroxylation is 2. The first kappa shape index (κ1) is 29.7. The van der Waals surface area contributed by atoms with Gasteiger partial charge in [0, 0.05) is 60.5 Å². The van der Waals surface area contributed by atoms with Crippen molar-refractivity contribution in [2.24, 2.45) is 0 Å². The van der Waals surface area contributed by atoms with Gasteiger partial charge in [-0.25, -0.2) is 17.8 Å². The summed E-state index contributed by atoms with van der Waals surface area (Å²) in [5, 5.41) is 3.74. The zero-order valence-electron chi connectivity index (χ0n) is 26.1. The maximum atomic E-state index is 14.8. The van der Waals surface area contributed by atoms with E-state index in [1.807, 2.05) is 50.2 Å². The fourth-order valence-electron chi connectivity index (χ4n) is 6.19. The van der Waals surface area contributed by atoms with Crippen LogP contribution in [0.4, 0.5) is 10.1 Å². The van der Waals surface area contributed by atoms with E-state index in [9.17, 15) is 17.6 Å². The van der Waals surface area contributed by atoms with Gasteiger partial charge in [0.15, 0.2) is 0 Å². The minimum absolute atomic E-state index is 0.226. The molecule has 0 saturated heterocycles. The Labute approximate surface area is 265 Å². The first-order chi connectivity index (χ1) is 22.0. The molecule has 11 heteroatoms. The van der Waals surface area contributed by atoms with E-state index < -0.39 is 10.0 Å². The first-order valence-corrected chi connectivity index (χ1v) is 16.8. The lowest BCUT2D eigenvalue weighted by molar-refractivity contribution is 0.0964. The number of nitrogens with one attached hydrogen (secondary N) is 1. The third-order valence-electron chi connectivity index (χ3n) is 8.73. The van der Waals surface area contributed by atoms with Crippen molar-refractivity contribution in [1.82, 2.24) is 19.9 Å². The van der Waals surface area contributed by atoms with Crippen LogP contribution in [0.15, 0.2) is 71.3 Å². The van der Waals surface area contributed by atoms with Gasteiger partial charge in [-0.2, -0.15) is 0 Å². The van der Waals surface area contributed by atoms with Crippen molar-refractivity contribution in [3.05, 3.63) is 89.5 Å². The minimum Gasteiger partial charge on any atom is -0.455 e. The van der Waals surface area contributed by atoms with Gasteiger partial charge in [-0.15, -0.1) is 0 Å². The van der Waals surface area contributed by atoms with Crippen LogP contribution in [0.1, 0.15) is 41.4 Å². The normalized spacial score (nSPS) is 12.8. The Kier molecular flexibility index (Phi) is 6.97. The van der Waals surface area contributed by atoms with Gasteiger partial charge in [0.2, 0.25) is 10.0 Å². The lowest BCUT2D eigenvalue weighted by atomic mass is 9.98. The standard InChI is InChI=1S/C35H32FN5O4S/c1-19(2)26-11-10-21(18-38-26)34-32(35(42)37-3)24-15-23(29(17-31(24)45-34)40(4)46(5,43)44)27-12-9-20-13-14-41-28-8-6-7-25(36)22(28)16-30(41)33(20)39-27/h6-12,15-19H,13-14H2,1-5H3,(H,37,42). The number of halogens is 1. The molecule has 1 amide bonds. The van der Waals surface area contributed by atoms with Gasteiger partial charge in [-0.1, -0.05) is 26.0 Å². The predicted octanol–water partition coefficient (Wildman–Crippen LogP) is 6.75. The molecule has 1 aliphatic heterocycles. The highest BCUT2D eigenvalue weighted by Crippen LogP contribution is 2.42. The summed E-state index contributed by atoms with van der Waals surface area (Å²) in [7, 11) is -0.688. The Morgan fingerprint density at radius 2 is 1.89 bits per heavy atom. The van der Waals surface area contributed by atoms with Crippen molar-refractivity contribution in [3.63, 3.8) is 0 Å². The number of anilines is 1. The van der Waals surface area contributed by atoms with Crippen molar-refractivity contribution >= 4 is 43.5 Å². The second-order valence-electron chi connectivity index (χ2n) is 11.9. The van der Waals surface area contributed by atoms with Gasteiger partial charge < -0.3 is 14.3 Å². The van der Waals surface area contributed by atoms with Gasteiger partial charge in [0.05, 0.1) is 40.1 Å². The number of hydrogen-bond acceptors (Lipinski definition) is 6. The van der Waals surface area contributed by atoms with Crippen molar-refractivity contribution in [2.75, 3.05) is 24.7 Å². The number of amides is 1. The Balaban J connectivity index is 1.47. The van der Waals surface area contributed by atoms with Crippen LogP contribution in [-0.4, -0.2) is 49.2 Å². The Morgan fingerprint density at radius 1 is 1.09 bits per heavy atom. The molecule has 46 heavy (non-hydrogen) atoms. The second kappa shape index (κ2) is 10.8. The maximum absolute atomic E-state index is 14.8. The third kappa shape index (κ3) is 4.73. The molecule has 2 aromatic carbocycles. The van der Waals surface area contributed by atoms with E-state index in [2.05, 4.69) is 14.9 Å². The van der Waals surface area contributed by atoms with E-state index in [0.29, 0.717) is 68.8 Å². The third-order valence-corrected chi connectivity index (χ3v) is 9.92. The molecule has 0 saturated carbocycles. The fourth-order valence-corrected chi connectivity index (χ4v) is 6.70. The van der Waals surface area contributed by atoms with E-state index in [1.54, 1.807) is 31.4 Å². The summed E-state index contributed by atoms with van der Waals surface area (Å²) < 4.78 is 50.1. The lowest BCUT2D eigenvalue weighted by Crippen LogP contribution is -2.25. The number of hydrogen-bond donors (Lipinski definition) is 1. The number of pyridine rings is 2. The topological polar surface area (TPSA) is 110 Å². The van der Waals surface area contributed by atoms with Crippen molar-refractivity contribution in [3.8, 4) is 34.0 Å². The molecule has 1 N–H and O–H groups in total. The van der Waals surface area contributed by atoms with Crippen LogP contribution in [0.2, 0.25) is 0 Å². The molecule has 0 radical (unpaired) electrons. The van der Waals surface area contributed by atoms with Gasteiger partial charge in [0.25, 0.3) is 5.91 Å². The van der Waals surface area contributed by atoms with E-state index >= 15 is 0 Å². The molecule has 0 atom stereocenters. The van der Waals surface area contributed by atoms with Crippen LogP contribution in [0.25, 0.3) is 55.8 Å². The molecule has 7 rings (SSSR count). The van der Waals surface area contributed by atoms with Crippen molar-refractivity contribution in [1.29, 1.82) is 0 Å². The molecular formula is C35H32FN5O4S. The summed E-state index contributed by atoms with van der Waals surface area (Å²) in [4.78, 5) is 23.0. The van der Waals surface area contributed by atoms with E-state index in [1.165, 1.54) is 17.4 Å². The Morgan fingerprint density at radius 3 is 2.59 bits per heavy atom. The lowest BCUT2D eigenvalue weighted by Gasteiger charge is -2.23. The van der Waals surface area contributed by atoms with E-state index in [-0.39, 0.29) is 17.6 Å². The molecule has 9 nitrogen and oxygen atoms in total. The zero-order chi connectivity index (χ0) is 32.5. The van der Waals surface area contributed by atoms with Crippen molar-refractivity contribution < 1.29 is 22.0 Å². The number of carbonyl (C=O) groups excluding carboxylic acids is 1. The highest BCUT2D eigenvalue weighted by Gasteiger charge is 2.28. The number of nitrogens with zero attached hydrogens (tertiary/aromatic N) is 4. The van der Waals surface area contributed by atoms with Crippen LogP contribution in [0, 0.1) is 5.82 Å². The summed E-state index contributed by atoms with van der Waals surface area (Å²) in [6.45, 7) is 4.78. The summed E-state index contributed by atoms with van der Waals surface area (Å²) in [6.07, 6.45) is 3.51. The highest BCUT2D eigenvalue weighted by atomic mass is 32.2. The number of rotatable bonds is 6. The molecule has 4 aromatic heterocycles. The SMILES string of the molecule is CNC(=O)c1c(-c2ccc(C(C)C)nc2)oc2cc(N(C)S(C)(=O)=O)c(-c3ccc4c(n3)-c3cc5c(F)cccc5n3CC4)cc12. The van der Waals surface area contributed by atoms with Gasteiger partial charge in [0.1, 0.15) is 17.2 Å². The summed E-state index contributed by atoms with van der Waals surface area (Å²) >= 11 is 0. The van der Waals surface area contributed by atoms with Crippen LogP contribution in [-0.2, 0) is 23.0 Å². The van der Waals surface area contributed by atoms with E-state index in [4.69, 9.17) is 9.40 Å². The van der Waals surface area contributed by atoms with Gasteiger partial charge >= 0.3 is 0 Å². The summed E-state index contributed by atoms with van der Waals surface area (Å²) in [6, 6.07) is 17.8. The van der Waals surface area contributed by atoms with Crippen LogP contribution < -0.4 is 9.62 Å². The van der Waals surface area contributed by atoms with Crippen LogP contribution >= 0.6 is 0 Å². The smallest absolute Gasteiger partial charge is 0.255 e. The van der Waals surface area contributed by atoms with Gasteiger partial charge in [-0.3, -0.25) is 14.1 Å². The summed E-state index contributed by atoms with van der Waals surface area (Å²) in [5.74, 6) is -0.107. The quantitative estimate of drug-likeness (QED) is 0.216. The average molecular weight is 638 g/mol. The fraction of sp³-hybridized carbons (Fsp3) is 0.229. The number of fused-ring (bicyclic) bond motifs is 6. The Bertz CT molecular complexity index is 2310. The Hall–Kier alpha value is -5.03. The number of aromatic nitrogens is 3. The number of sulfonamides is 1. The molecule has 234 valence electrons. The minimum atomic E-state index is -3.70. The molecule has 0 unspecified atom stereocenters. The molecule has 0 bridgehead atoms. The highest BCUT2D eigenvalue weighted by molar-refractivity contribution is 7.92. The molecule has 0 spiro atoms. The molecule has 0 aliphatic carbocycles. The van der Waals surface area contributed by atoms with Crippen LogP contribution in [0.3, 0.4) is 0 Å². The largest absolute Gasteiger partial charge is 0.455 e. The average Bonchev–Trinajstić information content (AvgIpc) is 3.62. The molecule has 0 fully saturated rings. The number of carbonyl (C=O) groups is 1. The molecule has 5 heterocycles. The summed E-state index contributed by atoms with van der Waals surface area (Å²) in [5.41, 5.74) is 6.78. The first-order valence-electron chi connectivity index (χ1n) is 15.0. The van der Waals surface area contributed by atoms with Gasteiger partial charge in [-0.05, 0) is 60.4 Å². The maximum Gasteiger partial charge on any atom is 0.255 e. The number of benzene rings is 2. The number of furan rings is 1. The molecular weight excluding hydrogens is 605 g/mol. The second-order valence-corrected chi connectivity index (χ2v) is 13.9. The van der Waals surface area contributed by atoms with Crippen LogP contribution in [0.5, 0.6) is 0 Å². The molecule has 1 aliphatic rings. The molecule has 6 aromatic rings. The van der Waals surface area contributed by atoms with Crippen molar-refractivity contribution in [2.45, 2.75) is 32.7 Å². The monoisotopic (exact) mass is 637 g/mol. The zero-order valence-corrected chi connectivity index (χ0v) is 26.9. The van der Waals surface area contributed by atoms with E-state index in [0.717, 1.165) is 28.7 Å². The predicted molar refractivity (Wildman–Crippen MR) is 178 cm³/mol.